The lowest BCUT2D eigenvalue weighted by molar-refractivity contribution is 0.342. The Morgan fingerprint density at radius 3 is 2.73 bits per heavy atom. The number of nitrogens with one attached hydrogen (secondary N) is 1. The maximum absolute atomic E-state index is 4.53. The van der Waals surface area contributed by atoms with E-state index in [0.29, 0.717) is 5.41 Å². The molecule has 0 aromatic carbocycles. The molecule has 1 aliphatic rings. The first-order chi connectivity index (χ1) is 5.14. The van der Waals surface area contributed by atoms with E-state index < -0.39 is 0 Å². The number of aliphatic imine (C=N–C) groups is 1. The van der Waals surface area contributed by atoms with Gasteiger partial charge in [0.05, 0.1) is 0 Å². The number of hydrogen-bond donors (Lipinski definition) is 1. The van der Waals surface area contributed by atoms with Gasteiger partial charge in [-0.25, -0.2) is 0 Å². The van der Waals surface area contributed by atoms with E-state index in [1.807, 2.05) is 7.05 Å². The van der Waals surface area contributed by atoms with Crippen molar-refractivity contribution >= 4 is 5.71 Å². The Morgan fingerprint density at radius 2 is 2.27 bits per heavy atom. The Bertz CT molecular complexity index is 159. The first-order valence-corrected chi connectivity index (χ1v) is 4.31. The lowest BCUT2D eigenvalue weighted by Gasteiger charge is -2.27. The molecule has 0 unspecified atom stereocenters. The Morgan fingerprint density at radius 1 is 1.55 bits per heavy atom. The van der Waals surface area contributed by atoms with Gasteiger partial charge in [-0.05, 0) is 25.3 Å². The van der Waals surface area contributed by atoms with Crippen molar-refractivity contribution in [2.45, 2.75) is 26.7 Å². The maximum Gasteiger partial charge on any atom is 0.0440 e. The predicted molar refractivity (Wildman–Crippen MR) is 49.2 cm³/mol. The topological polar surface area (TPSA) is 24.4 Å². The highest BCUT2D eigenvalue weighted by atomic mass is 14.9. The van der Waals surface area contributed by atoms with Crippen molar-refractivity contribution in [3.8, 4) is 0 Å². The summed E-state index contributed by atoms with van der Waals surface area (Å²) in [4.78, 5) is 4.53. The van der Waals surface area contributed by atoms with Crippen LogP contribution in [0.5, 0.6) is 0 Å². The van der Waals surface area contributed by atoms with Gasteiger partial charge >= 0.3 is 0 Å². The average molecular weight is 154 g/mol. The van der Waals surface area contributed by atoms with Crippen molar-refractivity contribution in [3.63, 3.8) is 0 Å². The fourth-order valence-electron chi connectivity index (χ4n) is 1.31. The van der Waals surface area contributed by atoms with Gasteiger partial charge in [-0.1, -0.05) is 13.8 Å². The van der Waals surface area contributed by atoms with Gasteiger partial charge in [0.25, 0.3) is 0 Å². The van der Waals surface area contributed by atoms with Crippen LogP contribution in [0.3, 0.4) is 0 Å². The molecule has 0 amide bonds. The van der Waals surface area contributed by atoms with E-state index in [1.54, 1.807) is 0 Å². The monoisotopic (exact) mass is 154 g/mol. The smallest absolute Gasteiger partial charge is 0.0440 e. The highest BCUT2D eigenvalue weighted by Gasteiger charge is 2.21. The third kappa shape index (κ3) is 2.62. The van der Waals surface area contributed by atoms with E-state index in [2.05, 4.69) is 24.2 Å². The Kier molecular flexibility index (Phi) is 2.66. The molecule has 11 heavy (non-hydrogen) atoms. The molecule has 1 rings (SSSR count). The standard InChI is InChI=1S/C9H18N2/c1-9(2)5-4-8(6-10-3)11-7-9/h10H,4-7H2,1-3H3. The summed E-state index contributed by atoms with van der Waals surface area (Å²) in [6.45, 7) is 6.54. The van der Waals surface area contributed by atoms with Gasteiger partial charge < -0.3 is 5.32 Å². The van der Waals surface area contributed by atoms with Crippen molar-refractivity contribution in [1.82, 2.24) is 5.32 Å². The van der Waals surface area contributed by atoms with Crippen LogP contribution in [0.4, 0.5) is 0 Å². The number of hydrogen-bond acceptors (Lipinski definition) is 2. The lowest BCUT2D eigenvalue weighted by Crippen LogP contribution is -2.28. The van der Waals surface area contributed by atoms with Gasteiger partial charge in [0.1, 0.15) is 0 Å². The summed E-state index contributed by atoms with van der Waals surface area (Å²) in [5.41, 5.74) is 1.78. The van der Waals surface area contributed by atoms with Crippen molar-refractivity contribution in [3.05, 3.63) is 0 Å². The van der Waals surface area contributed by atoms with E-state index in [0.717, 1.165) is 13.1 Å². The van der Waals surface area contributed by atoms with Gasteiger partial charge in [-0.3, -0.25) is 4.99 Å². The quantitative estimate of drug-likeness (QED) is 0.640. The van der Waals surface area contributed by atoms with E-state index in [4.69, 9.17) is 0 Å². The fraction of sp³-hybridized carbons (Fsp3) is 0.889. The fourth-order valence-corrected chi connectivity index (χ4v) is 1.31. The molecule has 0 saturated carbocycles. The molecule has 1 heterocycles. The third-order valence-electron chi connectivity index (χ3n) is 2.20. The summed E-state index contributed by atoms with van der Waals surface area (Å²) in [5, 5.41) is 3.13. The van der Waals surface area contributed by atoms with Crippen molar-refractivity contribution in [2.24, 2.45) is 10.4 Å². The summed E-state index contributed by atoms with van der Waals surface area (Å²) in [6, 6.07) is 0. The van der Waals surface area contributed by atoms with Crippen LogP contribution in [0, 0.1) is 5.41 Å². The van der Waals surface area contributed by atoms with Crippen LogP contribution in [0.25, 0.3) is 0 Å². The minimum atomic E-state index is 0.442. The van der Waals surface area contributed by atoms with Crippen LogP contribution in [0.1, 0.15) is 26.7 Å². The molecule has 1 aliphatic heterocycles. The van der Waals surface area contributed by atoms with Crippen molar-refractivity contribution < 1.29 is 0 Å². The number of rotatable bonds is 2. The van der Waals surface area contributed by atoms with E-state index in [9.17, 15) is 0 Å². The van der Waals surface area contributed by atoms with Gasteiger partial charge in [0, 0.05) is 18.8 Å². The van der Waals surface area contributed by atoms with Crippen molar-refractivity contribution in [1.29, 1.82) is 0 Å². The summed E-state index contributed by atoms with van der Waals surface area (Å²) in [7, 11) is 1.97. The lowest BCUT2D eigenvalue weighted by atomic mass is 9.84. The number of nitrogens with zero attached hydrogens (tertiary/aromatic N) is 1. The second-order valence-corrected chi connectivity index (χ2v) is 4.08. The van der Waals surface area contributed by atoms with Crippen LogP contribution in [0.15, 0.2) is 4.99 Å². The van der Waals surface area contributed by atoms with Crippen molar-refractivity contribution in [2.75, 3.05) is 20.1 Å². The van der Waals surface area contributed by atoms with E-state index >= 15 is 0 Å². The molecule has 0 aliphatic carbocycles. The molecule has 0 radical (unpaired) electrons. The highest BCUT2D eigenvalue weighted by Crippen LogP contribution is 2.26. The first kappa shape index (κ1) is 8.72. The summed E-state index contributed by atoms with van der Waals surface area (Å²) in [6.07, 6.45) is 2.46. The normalized spacial score (nSPS) is 23.0. The molecular weight excluding hydrogens is 136 g/mol. The van der Waals surface area contributed by atoms with Crippen LogP contribution < -0.4 is 5.32 Å². The second kappa shape index (κ2) is 3.35. The SMILES string of the molecule is CNCC1=NCC(C)(C)CC1. The minimum Gasteiger partial charge on any atom is -0.315 e. The Balaban J connectivity index is 2.44. The van der Waals surface area contributed by atoms with Crippen LogP contribution in [-0.4, -0.2) is 25.8 Å². The van der Waals surface area contributed by atoms with E-state index in [-0.39, 0.29) is 0 Å². The van der Waals surface area contributed by atoms with Gasteiger partial charge in [0.2, 0.25) is 0 Å². The summed E-state index contributed by atoms with van der Waals surface area (Å²) < 4.78 is 0. The Hall–Kier alpha value is -0.370. The van der Waals surface area contributed by atoms with Gasteiger partial charge in [-0.2, -0.15) is 0 Å². The van der Waals surface area contributed by atoms with Gasteiger partial charge in [-0.15, -0.1) is 0 Å². The molecule has 64 valence electrons. The summed E-state index contributed by atoms with van der Waals surface area (Å²) in [5.74, 6) is 0. The van der Waals surface area contributed by atoms with Gasteiger partial charge in [0.15, 0.2) is 0 Å². The molecule has 2 nitrogen and oxygen atoms in total. The second-order valence-electron chi connectivity index (χ2n) is 4.08. The summed E-state index contributed by atoms with van der Waals surface area (Å²) >= 11 is 0. The molecule has 0 aromatic heterocycles. The molecular formula is C9H18N2. The largest absolute Gasteiger partial charge is 0.315 e. The molecule has 0 aromatic rings. The average Bonchev–Trinajstić information content (AvgIpc) is 1.94. The van der Waals surface area contributed by atoms with Crippen LogP contribution >= 0.6 is 0 Å². The Labute approximate surface area is 69.1 Å². The van der Waals surface area contributed by atoms with Crippen LogP contribution in [-0.2, 0) is 0 Å². The highest BCUT2D eigenvalue weighted by molar-refractivity contribution is 5.86. The zero-order valence-corrected chi connectivity index (χ0v) is 7.78. The third-order valence-corrected chi connectivity index (χ3v) is 2.20. The molecule has 0 bridgehead atoms. The minimum absolute atomic E-state index is 0.442. The molecule has 2 heteroatoms. The molecule has 0 atom stereocenters. The van der Waals surface area contributed by atoms with E-state index in [1.165, 1.54) is 18.6 Å². The molecule has 0 fully saturated rings. The van der Waals surface area contributed by atoms with Crippen LogP contribution in [0.2, 0.25) is 0 Å². The molecule has 0 spiro atoms. The maximum atomic E-state index is 4.53. The zero-order valence-electron chi connectivity index (χ0n) is 7.78. The zero-order chi connectivity index (χ0) is 8.32. The first-order valence-electron chi connectivity index (χ1n) is 4.31. The predicted octanol–water partition coefficient (Wildman–Crippen LogP) is 1.47. The molecule has 0 saturated heterocycles. The molecule has 1 N–H and O–H groups in total.